The first-order chi connectivity index (χ1) is 6.46. The number of hydrogen-bond acceptors (Lipinski definition) is 1. The van der Waals surface area contributed by atoms with Crippen molar-refractivity contribution in [2.75, 3.05) is 40.8 Å². The fraction of sp³-hybridized carbons (Fsp3) is 1.00. The highest BCUT2D eigenvalue weighted by atomic mass is 19.4. The van der Waals surface area contributed by atoms with Crippen molar-refractivity contribution >= 4 is 0 Å². The lowest BCUT2D eigenvalue weighted by atomic mass is 10.3. The average Bonchev–Trinajstić information content (AvgIpc) is 1.94. The van der Waals surface area contributed by atoms with Crippen molar-refractivity contribution in [3.05, 3.63) is 0 Å². The lowest BCUT2D eigenvalue weighted by Crippen LogP contribution is -2.48. The topological polar surface area (TPSA) is 12.0 Å². The summed E-state index contributed by atoms with van der Waals surface area (Å²) in [4.78, 5) is 0. The second-order valence-electron chi connectivity index (χ2n) is 4.39. The van der Waals surface area contributed by atoms with Crippen LogP contribution in [0.2, 0.25) is 0 Å². The number of hydrogen-bond donors (Lipinski definition) is 1. The summed E-state index contributed by atoms with van der Waals surface area (Å²) in [5.74, 6) is -4.65. The monoisotopic (exact) mass is 235 g/mol. The number of quaternary nitrogens is 1. The first-order valence-corrected chi connectivity index (χ1v) is 4.41. The molecule has 0 aromatic rings. The molecule has 0 fully saturated rings. The van der Waals surface area contributed by atoms with Crippen molar-refractivity contribution in [3.8, 4) is 0 Å². The van der Waals surface area contributed by atoms with Crippen molar-refractivity contribution in [1.82, 2.24) is 5.32 Å². The van der Waals surface area contributed by atoms with Crippen LogP contribution < -0.4 is 5.32 Å². The molecule has 0 unspecified atom stereocenters. The van der Waals surface area contributed by atoms with Gasteiger partial charge in [-0.1, -0.05) is 0 Å². The molecule has 1 N–H and O–H groups in total. The highest BCUT2D eigenvalue weighted by Gasteiger charge is 2.56. The van der Waals surface area contributed by atoms with E-state index in [0.29, 0.717) is 11.0 Å². The van der Waals surface area contributed by atoms with Crippen LogP contribution in [0.5, 0.6) is 0 Å². The van der Waals surface area contributed by atoms with E-state index in [9.17, 15) is 22.0 Å². The molecule has 0 amide bonds. The van der Waals surface area contributed by atoms with E-state index in [1.54, 1.807) is 0 Å². The van der Waals surface area contributed by atoms with Crippen LogP contribution >= 0.6 is 0 Å². The maximum Gasteiger partial charge on any atom is 0.454 e. The van der Waals surface area contributed by atoms with Gasteiger partial charge >= 0.3 is 12.1 Å². The molecule has 0 saturated heterocycles. The van der Waals surface area contributed by atoms with E-state index >= 15 is 0 Å². The fourth-order valence-electron chi connectivity index (χ4n) is 0.760. The summed E-state index contributed by atoms with van der Waals surface area (Å²) >= 11 is 0. The van der Waals surface area contributed by atoms with Gasteiger partial charge in [0.05, 0.1) is 34.2 Å². The Morgan fingerprint density at radius 1 is 1.00 bits per heavy atom. The fourth-order valence-corrected chi connectivity index (χ4v) is 0.760. The van der Waals surface area contributed by atoms with Crippen LogP contribution in [-0.2, 0) is 0 Å². The van der Waals surface area contributed by atoms with Crippen molar-refractivity contribution in [2.45, 2.75) is 12.1 Å². The smallest absolute Gasteiger partial charge is 0.330 e. The summed E-state index contributed by atoms with van der Waals surface area (Å²) in [7, 11) is 5.47. The molecule has 0 heterocycles. The molecule has 0 aromatic carbocycles. The molecular weight excluding hydrogens is 219 g/mol. The Hall–Kier alpha value is -0.430. The molecule has 0 atom stereocenters. The highest BCUT2D eigenvalue weighted by Crippen LogP contribution is 2.34. The van der Waals surface area contributed by atoms with Crippen LogP contribution in [0.4, 0.5) is 22.0 Å². The van der Waals surface area contributed by atoms with Crippen molar-refractivity contribution < 1.29 is 26.4 Å². The van der Waals surface area contributed by atoms with E-state index in [4.69, 9.17) is 0 Å². The van der Waals surface area contributed by atoms with Gasteiger partial charge in [0.1, 0.15) is 0 Å². The zero-order valence-corrected chi connectivity index (χ0v) is 8.96. The second kappa shape index (κ2) is 4.61. The van der Waals surface area contributed by atoms with Crippen molar-refractivity contribution in [2.24, 2.45) is 0 Å². The lowest BCUT2D eigenvalue weighted by molar-refractivity contribution is -0.869. The van der Waals surface area contributed by atoms with Crippen LogP contribution in [0.25, 0.3) is 0 Å². The minimum atomic E-state index is -5.48. The van der Waals surface area contributed by atoms with E-state index in [1.807, 2.05) is 21.1 Å². The van der Waals surface area contributed by atoms with Crippen molar-refractivity contribution in [3.63, 3.8) is 0 Å². The zero-order valence-electron chi connectivity index (χ0n) is 8.96. The van der Waals surface area contributed by atoms with Gasteiger partial charge in [-0.3, -0.25) is 0 Å². The van der Waals surface area contributed by atoms with E-state index in [0.717, 1.165) is 0 Å². The third kappa shape index (κ3) is 5.88. The third-order valence-electron chi connectivity index (χ3n) is 1.72. The number of likely N-dealkylation sites (N-methyl/N-ethyl adjacent to an activating group) is 1. The number of nitrogens with zero attached hydrogens (tertiary/aromatic N) is 1. The number of rotatable bonds is 5. The molecule has 0 aromatic heterocycles. The Labute approximate surface area is 85.6 Å². The molecular formula is C8H16F5N2+. The van der Waals surface area contributed by atoms with Crippen molar-refractivity contribution in [1.29, 1.82) is 0 Å². The molecule has 0 aliphatic rings. The lowest BCUT2D eigenvalue weighted by Gasteiger charge is -2.25. The molecule has 92 valence electrons. The molecule has 0 bridgehead atoms. The standard InChI is InChI=1S/C8H16F5N2/c1-15(2,3)5-4-14-6-7(9,10)8(11,12)13/h14H,4-6H2,1-3H3/q+1. The van der Waals surface area contributed by atoms with Crippen LogP contribution in [0, 0.1) is 0 Å². The normalized spacial score (nSPS) is 14.4. The maximum absolute atomic E-state index is 12.4. The van der Waals surface area contributed by atoms with Crippen LogP contribution in [0.15, 0.2) is 0 Å². The minimum Gasteiger partial charge on any atom is -0.330 e. The number of nitrogens with one attached hydrogen (secondary N) is 1. The highest BCUT2D eigenvalue weighted by molar-refractivity contribution is 4.77. The van der Waals surface area contributed by atoms with Gasteiger partial charge in [-0.05, 0) is 0 Å². The molecule has 0 rings (SSSR count). The predicted octanol–water partition coefficient (Wildman–Crippen LogP) is 1.48. The quantitative estimate of drug-likeness (QED) is 0.432. The summed E-state index contributed by atoms with van der Waals surface area (Å²) < 4.78 is 60.3. The zero-order chi connectivity index (χ0) is 12.3. The molecule has 0 radical (unpaired) electrons. The second-order valence-corrected chi connectivity index (χ2v) is 4.39. The Morgan fingerprint density at radius 2 is 1.47 bits per heavy atom. The Balaban J connectivity index is 3.87. The van der Waals surface area contributed by atoms with E-state index < -0.39 is 18.6 Å². The van der Waals surface area contributed by atoms with Crippen LogP contribution in [0.3, 0.4) is 0 Å². The van der Waals surface area contributed by atoms with Gasteiger partial charge in [0.25, 0.3) is 0 Å². The van der Waals surface area contributed by atoms with E-state index in [-0.39, 0.29) is 6.54 Å². The summed E-state index contributed by atoms with van der Waals surface area (Å²) in [5, 5.41) is 2.10. The number of alkyl halides is 5. The van der Waals surface area contributed by atoms with Gasteiger partial charge in [0.2, 0.25) is 0 Å². The summed E-state index contributed by atoms with van der Waals surface area (Å²) in [6.07, 6.45) is -5.48. The number of halogens is 5. The molecule has 15 heavy (non-hydrogen) atoms. The SMILES string of the molecule is C[N+](C)(C)CCNCC(F)(F)C(F)(F)F. The first kappa shape index (κ1) is 14.6. The van der Waals surface area contributed by atoms with Gasteiger partial charge in [-0.15, -0.1) is 0 Å². The third-order valence-corrected chi connectivity index (χ3v) is 1.72. The first-order valence-electron chi connectivity index (χ1n) is 4.41. The summed E-state index contributed by atoms with van der Waals surface area (Å²) in [6.45, 7) is -0.764. The van der Waals surface area contributed by atoms with Gasteiger partial charge < -0.3 is 9.80 Å². The predicted molar refractivity (Wildman–Crippen MR) is 46.8 cm³/mol. The maximum atomic E-state index is 12.4. The molecule has 0 spiro atoms. The Morgan fingerprint density at radius 3 is 1.80 bits per heavy atom. The van der Waals surface area contributed by atoms with E-state index in [1.165, 1.54) is 0 Å². The minimum absolute atomic E-state index is 0.120. The van der Waals surface area contributed by atoms with Gasteiger partial charge in [0.15, 0.2) is 0 Å². The van der Waals surface area contributed by atoms with Crippen LogP contribution in [-0.4, -0.2) is 57.4 Å². The van der Waals surface area contributed by atoms with Gasteiger partial charge in [-0.25, -0.2) is 0 Å². The van der Waals surface area contributed by atoms with Crippen LogP contribution in [0.1, 0.15) is 0 Å². The Kier molecular flexibility index (Phi) is 4.48. The van der Waals surface area contributed by atoms with E-state index in [2.05, 4.69) is 5.32 Å². The van der Waals surface area contributed by atoms with Gasteiger partial charge in [0, 0.05) is 6.54 Å². The molecule has 0 aliphatic carbocycles. The molecule has 0 aliphatic heterocycles. The average molecular weight is 235 g/mol. The molecule has 0 saturated carbocycles. The molecule has 7 heteroatoms. The van der Waals surface area contributed by atoms with Gasteiger partial charge in [-0.2, -0.15) is 22.0 Å². The largest absolute Gasteiger partial charge is 0.454 e. The molecule has 2 nitrogen and oxygen atoms in total. The summed E-state index contributed by atoms with van der Waals surface area (Å²) in [6, 6.07) is 0. The summed E-state index contributed by atoms with van der Waals surface area (Å²) in [5.41, 5.74) is 0. The Bertz CT molecular complexity index is 194.